The Labute approximate surface area is 234 Å². The number of nitrogens with zero attached hydrogens (tertiary/aromatic N) is 6. The molecule has 0 aliphatic carbocycles. The van der Waals surface area contributed by atoms with E-state index in [1.807, 2.05) is 37.8 Å². The highest BCUT2D eigenvalue weighted by atomic mass is 35.5. The van der Waals surface area contributed by atoms with Crippen LogP contribution in [0.4, 0.5) is 4.79 Å². The van der Waals surface area contributed by atoms with Crippen molar-refractivity contribution in [1.29, 1.82) is 0 Å². The number of benzene rings is 1. The van der Waals surface area contributed by atoms with Gasteiger partial charge in [0.05, 0.1) is 44.2 Å². The quantitative estimate of drug-likeness (QED) is 0.113. The number of rotatable bonds is 12. The predicted molar refractivity (Wildman–Crippen MR) is 147 cm³/mol. The molecule has 0 radical (unpaired) electrons. The number of ether oxygens (including phenoxy) is 4. The van der Waals surface area contributed by atoms with Crippen LogP contribution in [-0.4, -0.2) is 87.1 Å². The molecule has 0 fully saturated rings. The molecule has 1 amide bonds. The first kappa shape index (κ1) is 31.7. The number of carbonyl (C=O) groups is 2. The number of amides is 1. The molecular formula is C26H37ClN6O6. The Bertz CT molecular complexity index is 1110. The molecule has 13 heteroatoms. The number of methoxy groups -OCH3 is 1. The molecule has 1 aromatic carbocycles. The third kappa shape index (κ3) is 9.35. The fourth-order valence-corrected chi connectivity index (χ4v) is 4.09. The zero-order chi connectivity index (χ0) is 29.0. The Morgan fingerprint density at radius 2 is 2.00 bits per heavy atom. The first-order valence-electron chi connectivity index (χ1n) is 12.6. The zero-order valence-electron chi connectivity index (χ0n) is 23.3. The Kier molecular flexibility index (Phi) is 12.4. The number of azide groups is 1. The van der Waals surface area contributed by atoms with Gasteiger partial charge in [-0.3, -0.25) is 0 Å². The molecule has 0 saturated carbocycles. The van der Waals surface area contributed by atoms with E-state index in [0.717, 1.165) is 0 Å². The van der Waals surface area contributed by atoms with Crippen LogP contribution < -0.4 is 0 Å². The average molecular weight is 565 g/mol. The lowest BCUT2D eigenvalue weighted by molar-refractivity contribution is -0.139. The zero-order valence-corrected chi connectivity index (χ0v) is 24.1. The molecule has 0 saturated heterocycles. The molecule has 1 unspecified atom stereocenters. The third-order valence-electron chi connectivity index (χ3n) is 5.49. The monoisotopic (exact) mass is 564 g/mol. The normalized spacial score (nSPS) is 15.3. The summed E-state index contributed by atoms with van der Waals surface area (Å²) in [4.78, 5) is 36.4. The van der Waals surface area contributed by atoms with Gasteiger partial charge in [-0.1, -0.05) is 34.9 Å². The minimum Gasteiger partial charge on any atom is -0.468 e. The summed E-state index contributed by atoms with van der Waals surface area (Å²) in [5.74, 6) is -0.564. The van der Waals surface area contributed by atoms with E-state index in [1.54, 1.807) is 26.1 Å². The summed E-state index contributed by atoms with van der Waals surface area (Å²) >= 11 is 6.63. The summed E-state index contributed by atoms with van der Waals surface area (Å²) in [5.41, 5.74) is 9.12. The minimum absolute atomic E-state index is 0.0435. The van der Waals surface area contributed by atoms with Gasteiger partial charge in [0, 0.05) is 36.6 Å². The van der Waals surface area contributed by atoms with Crippen molar-refractivity contribution in [3.63, 3.8) is 0 Å². The van der Waals surface area contributed by atoms with E-state index in [4.69, 9.17) is 36.1 Å². The van der Waals surface area contributed by atoms with Gasteiger partial charge in [0.15, 0.2) is 0 Å². The first-order valence-corrected chi connectivity index (χ1v) is 13.0. The van der Waals surface area contributed by atoms with Crippen molar-refractivity contribution >= 4 is 29.7 Å². The van der Waals surface area contributed by atoms with E-state index in [9.17, 15) is 9.59 Å². The molecule has 12 nitrogen and oxygen atoms in total. The van der Waals surface area contributed by atoms with Crippen LogP contribution in [0, 0.1) is 0 Å². The molecule has 1 aliphatic heterocycles. The number of aliphatic imine (C=N–C) groups is 1. The largest absolute Gasteiger partial charge is 0.468 e. The van der Waals surface area contributed by atoms with Crippen molar-refractivity contribution in [2.45, 2.75) is 45.8 Å². The summed E-state index contributed by atoms with van der Waals surface area (Å²) in [5, 5.41) is 3.91. The van der Waals surface area contributed by atoms with Crippen LogP contribution in [0.5, 0.6) is 0 Å². The van der Waals surface area contributed by atoms with E-state index >= 15 is 0 Å². The molecule has 214 valence electrons. The molecule has 39 heavy (non-hydrogen) atoms. The lowest BCUT2D eigenvalue weighted by atomic mass is 9.93. The number of hydrogen-bond donors (Lipinski definition) is 0. The van der Waals surface area contributed by atoms with E-state index in [-0.39, 0.29) is 38.0 Å². The summed E-state index contributed by atoms with van der Waals surface area (Å²) in [6, 6.07) is 6.74. The minimum atomic E-state index is -0.701. The second-order valence-corrected chi connectivity index (χ2v) is 9.97. The number of amidine groups is 1. The van der Waals surface area contributed by atoms with Crippen LogP contribution in [0.3, 0.4) is 0 Å². The van der Waals surface area contributed by atoms with Crippen LogP contribution in [-0.2, 0) is 23.7 Å². The summed E-state index contributed by atoms with van der Waals surface area (Å²) in [6.07, 6.45) is 0.0735. The lowest BCUT2D eigenvalue weighted by Crippen LogP contribution is -2.44. The van der Waals surface area contributed by atoms with Crippen molar-refractivity contribution in [2.75, 3.05) is 53.6 Å². The highest BCUT2D eigenvalue weighted by Crippen LogP contribution is 2.39. The molecule has 0 bridgehead atoms. The van der Waals surface area contributed by atoms with E-state index in [1.165, 1.54) is 12.0 Å². The lowest BCUT2D eigenvalue weighted by Gasteiger charge is -2.38. The smallest absolute Gasteiger partial charge is 0.410 e. The van der Waals surface area contributed by atoms with E-state index < -0.39 is 23.7 Å². The van der Waals surface area contributed by atoms with Gasteiger partial charge in [0.2, 0.25) is 0 Å². The molecule has 1 aliphatic rings. The maximum Gasteiger partial charge on any atom is 0.410 e. The van der Waals surface area contributed by atoms with Crippen LogP contribution >= 0.6 is 11.6 Å². The van der Waals surface area contributed by atoms with Gasteiger partial charge >= 0.3 is 12.1 Å². The molecule has 0 spiro atoms. The molecule has 0 N–H and O–H groups in total. The standard InChI is InChI=1S/C26H37ClN6O6/c1-7-38-23(34)21-20(17-37-16-13-29-31-28)30-24(36-6)33(22(21)18-11-8-9-12-19(18)27)15-10-14-32(5)25(35)39-26(2,3)4/h8-9,11-12,22H,7,10,13-17H2,1-6H3. The number of halogens is 1. The fraction of sp³-hybridized carbons (Fsp3) is 0.577. The second-order valence-electron chi connectivity index (χ2n) is 9.56. The highest BCUT2D eigenvalue weighted by molar-refractivity contribution is 6.31. The van der Waals surface area contributed by atoms with Crippen molar-refractivity contribution in [2.24, 2.45) is 10.1 Å². The molecular weight excluding hydrogens is 528 g/mol. The number of carbonyl (C=O) groups excluding carboxylic acids is 2. The van der Waals surface area contributed by atoms with Gasteiger partial charge in [-0.2, -0.15) is 4.99 Å². The van der Waals surface area contributed by atoms with Gasteiger partial charge in [0.25, 0.3) is 6.02 Å². The van der Waals surface area contributed by atoms with E-state index in [0.29, 0.717) is 35.8 Å². The van der Waals surface area contributed by atoms with Crippen molar-refractivity contribution in [1.82, 2.24) is 9.80 Å². The number of hydrogen-bond acceptors (Lipinski definition) is 9. The molecule has 2 rings (SSSR count). The van der Waals surface area contributed by atoms with Crippen LogP contribution in [0.2, 0.25) is 5.02 Å². The van der Waals surface area contributed by atoms with E-state index in [2.05, 4.69) is 15.0 Å². The maximum absolute atomic E-state index is 13.3. The maximum atomic E-state index is 13.3. The Morgan fingerprint density at radius 1 is 1.28 bits per heavy atom. The summed E-state index contributed by atoms with van der Waals surface area (Å²) in [6.45, 7) is 8.27. The van der Waals surface area contributed by atoms with Gasteiger partial charge in [-0.15, -0.1) is 0 Å². The van der Waals surface area contributed by atoms with Crippen LogP contribution in [0.15, 0.2) is 45.6 Å². The third-order valence-corrected chi connectivity index (χ3v) is 5.83. The Balaban J connectivity index is 2.44. The summed E-state index contributed by atoms with van der Waals surface area (Å²) < 4.78 is 22.2. The first-order chi connectivity index (χ1) is 18.5. The Hall–Kier alpha value is -3.47. The van der Waals surface area contributed by atoms with Crippen molar-refractivity contribution in [3.05, 3.63) is 56.6 Å². The average Bonchev–Trinajstić information content (AvgIpc) is 2.87. The van der Waals surface area contributed by atoms with Crippen molar-refractivity contribution < 1.29 is 28.5 Å². The van der Waals surface area contributed by atoms with Gasteiger partial charge in [-0.25, -0.2) is 9.59 Å². The predicted octanol–water partition coefficient (Wildman–Crippen LogP) is 5.10. The Morgan fingerprint density at radius 3 is 2.62 bits per heavy atom. The van der Waals surface area contributed by atoms with Gasteiger partial charge in [0.1, 0.15) is 5.60 Å². The molecule has 0 aromatic heterocycles. The number of esters is 1. The molecule has 1 aromatic rings. The fourth-order valence-electron chi connectivity index (χ4n) is 3.85. The van der Waals surface area contributed by atoms with Gasteiger partial charge < -0.3 is 28.7 Å². The van der Waals surface area contributed by atoms with Gasteiger partial charge in [-0.05, 0) is 51.3 Å². The van der Waals surface area contributed by atoms with Crippen LogP contribution in [0.1, 0.15) is 45.7 Å². The van der Waals surface area contributed by atoms with Crippen molar-refractivity contribution in [3.8, 4) is 0 Å². The molecule has 1 heterocycles. The summed E-state index contributed by atoms with van der Waals surface area (Å²) in [7, 11) is 3.15. The topological polar surface area (TPSA) is 139 Å². The SMILES string of the molecule is CCOC(=O)C1=C(COCCN=[N+]=[N-])N=C(OC)N(CCCN(C)C(=O)OC(C)(C)C)C1c1ccccc1Cl. The molecule has 1 atom stereocenters. The second kappa shape index (κ2) is 15.2. The highest BCUT2D eigenvalue weighted by Gasteiger charge is 2.39. The van der Waals surface area contributed by atoms with Crippen LogP contribution in [0.25, 0.3) is 10.4 Å².